The Morgan fingerprint density at radius 3 is 2.58 bits per heavy atom. The Morgan fingerprint density at radius 2 is 2.00 bits per heavy atom. The lowest BCUT2D eigenvalue weighted by atomic mass is 10.1. The van der Waals surface area contributed by atoms with Gasteiger partial charge in [-0.1, -0.05) is 35.0 Å². The summed E-state index contributed by atoms with van der Waals surface area (Å²) in [5, 5.41) is 0. The first-order valence-electron chi connectivity index (χ1n) is 3.68. The standard InChI is InChI=1S/C9H9Br3/c1-6(10)5-7-3-2-4-8(11)9(7)12/h2-4,6H,5H2,1H3. The molecule has 1 rings (SSSR count). The molecule has 0 spiro atoms. The van der Waals surface area contributed by atoms with Gasteiger partial charge in [-0.15, -0.1) is 0 Å². The van der Waals surface area contributed by atoms with Crippen molar-refractivity contribution >= 4 is 47.8 Å². The molecule has 0 fully saturated rings. The summed E-state index contributed by atoms with van der Waals surface area (Å²) in [6, 6.07) is 6.22. The Hall–Kier alpha value is 0.660. The molecule has 1 unspecified atom stereocenters. The van der Waals surface area contributed by atoms with Crippen molar-refractivity contribution in [3.63, 3.8) is 0 Å². The van der Waals surface area contributed by atoms with Crippen molar-refractivity contribution in [1.29, 1.82) is 0 Å². The summed E-state index contributed by atoms with van der Waals surface area (Å²) < 4.78 is 2.28. The Balaban J connectivity index is 2.92. The molecule has 66 valence electrons. The minimum Gasteiger partial charge on any atom is -0.0890 e. The third kappa shape index (κ3) is 2.86. The van der Waals surface area contributed by atoms with E-state index in [4.69, 9.17) is 0 Å². The van der Waals surface area contributed by atoms with Crippen molar-refractivity contribution in [2.75, 3.05) is 0 Å². The number of halogens is 3. The minimum atomic E-state index is 0.517. The summed E-state index contributed by atoms with van der Waals surface area (Å²) in [4.78, 5) is 0.517. The number of alkyl halides is 1. The van der Waals surface area contributed by atoms with Crippen LogP contribution in [0, 0.1) is 0 Å². The molecular formula is C9H9Br3. The van der Waals surface area contributed by atoms with E-state index < -0.39 is 0 Å². The third-order valence-electron chi connectivity index (χ3n) is 1.53. The Kier molecular flexibility index (Phi) is 4.27. The van der Waals surface area contributed by atoms with Crippen molar-refractivity contribution in [3.8, 4) is 0 Å². The third-order valence-corrected chi connectivity index (χ3v) is 3.99. The second-order valence-electron chi connectivity index (χ2n) is 2.70. The summed E-state index contributed by atoms with van der Waals surface area (Å²) in [6.07, 6.45) is 1.04. The fraction of sp³-hybridized carbons (Fsp3) is 0.333. The topological polar surface area (TPSA) is 0 Å². The fourth-order valence-electron chi connectivity index (χ4n) is 1.01. The lowest BCUT2D eigenvalue weighted by molar-refractivity contribution is 0.953. The Labute approximate surface area is 98.1 Å². The molecule has 0 saturated heterocycles. The van der Waals surface area contributed by atoms with Gasteiger partial charge in [-0.25, -0.2) is 0 Å². The zero-order valence-electron chi connectivity index (χ0n) is 6.65. The molecule has 1 aromatic rings. The van der Waals surface area contributed by atoms with Gasteiger partial charge in [-0.2, -0.15) is 0 Å². The molecule has 0 aliphatic carbocycles. The molecule has 0 aliphatic rings. The van der Waals surface area contributed by atoms with Gasteiger partial charge >= 0.3 is 0 Å². The second-order valence-corrected chi connectivity index (χ2v) is 5.91. The van der Waals surface area contributed by atoms with Crippen molar-refractivity contribution in [2.24, 2.45) is 0 Å². The molecule has 0 aromatic heterocycles. The van der Waals surface area contributed by atoms with Crippen LogP contribution in [0.3, 0.4) is 0 Å². The van der Waals surface area contributed by atoms with E-state index in [9.17, 15) is 0 Å². The second kappa shape index (κ2) is 4.77. The molecular weight excluding hydrogens is 348 g/mol. The molecule has 0 nitrogen and oxygen atoms in total. The normalized spacial score (nSPS) is 13.0. The van der Waals surface area contributed by atoms with E-state index in [1.165, 1.54) is 5.56 Å². The predicted octanol–water partition coefficient (Wildman–Crippen LogP) is 4.54. The molecule has 0 bridgehead atoms. The van der Waals surface area contributed by atoms with Crippen molar-refractivity contribution < 1.29 is 0 Å². The summed E-state index contributed by atoms with van der Waals surface area (Å²) in [5.74, 6) is 0. The quantitative estimate of drug-likeness (QED) is 0.682. The maximum atomic E-state index is 3.54. The first-order valence-corrected chi connectivity index (χ1v) is 6.18. The van der Waals surface area contributed by atoms with Gasteiger partial charge < -0.3 is 0 Å². The molecule has 0 N–H and O–H groups in total. The number of rotatable bonds is 2. The maximum Gasteiger partial charge on any atom is 0.0349 e. The van der Waals surface area contributed by atoms with Crippen LogP contribution in [0.25, 0.3) is 0 Å². The summed E-state index contributed by atoms with van der Waals surface area (Å²) in [6.45, 7) is 2.15. The van der Waals surface area contributed by atoms with Gasteiger partial charge in [0.1, 0.15) is 0 Å². The molecule has 0 saturated carbocycles. The first kappa shape index (κ1) is 10.7. The highest BCUT2D eigenvalue weighted by molar-refractivity contribution is 9.13. The van der Waals surface area contributed by atoms with Crippen LogP contribution in [-0.2, 0) is 6.42 Å². The molecule has 0 radical (unpaired) electrons. The van der Waals surface area contributed by atoms with Gasteiger partial charge in [0, 0.05) is 13.8 Å². The summed E-state index contributed by atoms with van der Waals surface area (Å²) in [5.41, 5.74) is 1.33. The van der Waals surface area contributed by atoms with Crippen LogP contribution >= 0.6 is 47.8 Å². The van der Waals surface area contributed by atoms with Crippen LogP contribution < -0.4 is 0 Å². The molecule has 0 amide bonds. The molecule has 12 heavy (non-hydrogen) atoms. The Bertz CT molecular complexity index is 268. The van der Waals surface area contributed by atoms with Gasteiger partial charge in [-0.3, -0.25) is 0 Å². The van der Waals surface area contributed by atoms with E-state index in [2.05, 4.69) is 66.8 Å². The molecule has 0 heterocycles. The first-order chi connectivity index (χ1) is 5.61. The maximum absolute atomic E-state index is 3.54. The van der Waals surface area contributed by atoms with Crippen LogP contribution in [0.5, 0.6) is 0 Å². The van der Waals surface area contributed by atoms with Gasteiger partial charge in [0.2, 0.25) is 0 Å². The van der Waals surface area contributed by atoms with Crippen molar-refractivity contribution in [1.82, 2.24) is 0 Å². The van der Waals surface area contributed by atoms with Crippen LogP contribution in [0.15, 0.2) is 27.1 Å². The predicted molar refractivity (Wildman–Crippen MR) is 63.9 cm³/mol. The van der Waals surface area contributed by atoms with E-state index >= 15 is 0 Å². The molecule has 1 aromatic carbocycles. The smallest absolute Gasteiger partial charge is 0.0349 e. The molecule has 1 atom stereocenters. The average molecular weight is 357 g/mol. The zero-order valence-corrected chi connectivity index (χ0v) is 11.4. The van der Waals surface area contributed by atoms with Crippen molar-refractivity contribution in [3.05, 3.63) is 32.7 Å². The highest BCUT2D eigenvalue weighted by Crippen LogP contribution is 2.28. The van der Waals surface area contributed by atoms with Crippen LogP contribution in [0.2, 0.25) is 0 Å². The SMILES string of the molecule is CC(Br)Cc1cccc(Br)c1Br. The zero-order chi connectivity index (χ0) is 9.14. The van der Waals surface area contributed by atoms with Crippen LogP contribution in [0.4, 0.5) is 0 Å². The van der Waals surface area contributed by atoms with Gasteiger partial charge in [-0.05, 0) is 49.9 Å². The highest BCUT2D eigenvalue weighted by Gasteiger charge is 2.05. The molecule has 0 aliphatic heterocycles. The van der Waals surface area contributed by atoms with Crippen LogP contribution in [-0.4, -0.2) is 4.83 Å². The lowest BCUT2D eigenvalue weighted by Crippen LogP contribution is -1.97. The lowest BCUT2D eigenvalue weighted by Gasteiger charge is -2.07. The van der Waals surface area contributed by atoms with E-state index in [1.54, 1.807) is 0 Å². The van der Waals surface area contributed by atoms with Crippen molar-refractivity contribution in [2.45, 2.75) is 18.2 Å². The van der Waals surface area contributed by atoms with Crippen LogP contribution in [0.1, 0.15) is 12.5 Å². The monoisotopic (exact) mass is 354 g/mol. The Morgan fingerprint density at radius 1 is 1.33 bits per heavy atom. The largest absolute Gasteiger partial charge is 0.0890 e. The number of hydrogen-bond acceptors (Lipinski definition) is 0. The highest BCUT2D eigenvalue weighted by atomic mass is 79.9. The van der Waals surface area contributed by atoms with Gasteiger partial charge in [0.25, 0.3) is 0 Å². The van der Waals surface area contributed by atoms with Gasteiger partial charge in [0.05, 0.1) is 0 Å². The van der Waals surface area contributed by atoms with E-state index in [-0.39, 0.29) is 0 Å². The minimum absolute atomic E-state index is 0.517. The number of hydrogen-bond donors (Lipinski definition) is 0. The molecule has 3 heteroatoms. The summed E-state index contributed by atoms with van der Waals surface area (Å²) in [7, 11) is 0. The van der Waals surface area contributed by atoms with E-state index in [0.717, 1.165) is 15.4 Å². The fourth-order valence-corrected chi connectivity index (χ4v) is 2.19. The number of benzene rings is 1. The average Bonchev–Trinajstić information content (AvgIpc) is 1.98. The summed E-state index contributed by atoms with van der Waals surface area (Å²) >= 11 is 10.5. The van der Waals surface area contributed by atoms with E-state index in [1.807, 2.05) is 6.07 Å². The van der Waals surface area contributed by atoms with E-state index in [0.29, 0.717) is 4.83 Å². The van der Waals surface area contributed by atoms with Gasteiger partial charge in [0.15, 0.2) is 0 Å².